The molecule has 2 N–H and O–H groups in total. The number of benzene rings is 1. The molecule has 0 saturated heterocycles. The van der Waals surface area contributed by atoms with Crippen LogP contribution in [0.2, 0.25) is 0 Å². The van der Waals surface area contributed by atoms with Crippen LogP contribution in [0.5, 0.6) is 5.75 Å². The smallest absolute Gasteiger partial charge is 0.191 e. The van der Waals surface area contributed by atoms with E-state index in [1.54, 1.807) is 14.2 Å². The van der Waals surface area contributed by atoms with E-state index in [9.17, 15) is 0 Å². The van der Waals surface area contributed by atoms with Crippen LogP contribution in [0, 0.1) is 0 Å². The molecule has 0 saturated carbocycles. The molecular weight excluding hydrogens is 391 g/mol. The Hall–Kier alpha value is -1.70. The van der Waals surface area contributed by atoms with E-state index in [4.69, 9.17) is 4.74 Å². The number of hydrogen-bond acceptors (Lipinski definition) is 2. The topological polar surface area (TPSA) is 50.6 Å². The van der Waals surface area contributed by atoms with Gasteiger partial charge in [-0.1, -0.05) is 18.2 Å². The van der Waals surface area contributed by atoms with Crippen molar-refractivity contribution in [3.05, 3.63) is 54.4 Å². The summed E-state index contributed by atoms with van der Waals surface area (Å²) in [5.41, 5.74) is 1.10. The zero-order valence-electron chi connectivity index (χ0n) is 13.0. The lowest BCUT2D eigenvalue weighted by Gasteiger charge is -2.14. The number of nitrogens with zero attached hydrogens (tertiary/aromatic N) is 2. The second kappa shape index (κ2) is 10.1. The Morgan fingerprint density at radius 3 is 2.55 bits per heavy atom. The summed E-state index contributed by atoms with van der Waals surface area (Å²) in [7, 11) is 3.45. The maximum atomic E-state index is 5.34. The van der Waals surface area contributed by atoms with Crippen molar-refractivity contribution in [1.82, 2.24) is 15.2 Å². The molecule has 0 radical (unpaired) electrons. The number of hydrogen-bond donors (Lipinski definition) is 2. The van der Waals surface area contributed by atoms with Crippen LogP contribution in [0.15, 0.2) is 53.8 Å². The standard InChI is InChI=1S/C16H22N4O.HI/c1-17-16(18-9-12-20-10-5-6-11-20)19-13-14-7-3-4-8-15(14)21-2;/h3-8,10-11H,9,12-13H2,1-2H3,(H2,17,18,19);1H. The molecule has 2 rings (SSSR count). The molecule has 22 heavy (non-hydrogen) atoms. The first-order valence-corrected chi connectivity index (χ1v) is 7.00. The number of aliphatic imine (C=N–C) groups is 1. The molecule has 6 heteroatoms. The molecule has 0 aliphatic carbocycles. The lowest BCUT2D eigenvalue weighted by atomic mass is 10.2. The number of halogens is 1. The second-order valence-electron chi connectivity index (χ2n) is 4.59. The van der Waals surface area contributed by atoms with Gasteiger partial charge in [-0.3, -0.25) is 4.99 Å². The van der Waals surface area contributed by atoms with Gasteiger partial charge in [-0.15, -0.1) is 24.0 Å². The van der Waals surface area contributed by atoms with Gasteiger partial charge in [0.15, 0.2) is 5.96 Å². The minimum Gasteiger partial charge on any atom is -0.496 e. The van der Waals surface area contributed by atoms with Gasteiger partial charge < -0.3 is 19.9 Å². The highest BCUT2D eigenvalue weighted by molar-refractivity contribution is 14.0. The quantitative estimate of drug-likeness (QED) is 0.434. The average Bonchev–Trinajstić information content (AvgIpc) is 3.04. The van der Waals surface area contributed by atoms with Gasteiger partial charge in [-0.05, 0) is 18.2 Å². The van der Waals surface area contributed by atoms with Gasteiger partial charge in [-0.25, -0.2) is 0 Å². The monoisotopic (exact) mass is 414 g/mol. The van der Waals surface area contributed by atoms with Crippen molar-refractivity contribution >= 4 is 29.9 Å². The predicted molar refractivity (Wildman–Crippen MR) is 101 cm³/mol. The van der Waals surface area contributed by atoms with Crippen LogP contribution in [-0.4, -0.2) is 31.2 Å². The summed E-state index contributed by atoms with van der Waals surface area (Å²) in [5, 5.41) is 6.58. The van der Waals surface area contributed by atoms with Crippen molar-refractivity contribution in [3.8, 4) is 5.75 Å². The number of para-hydroxylation sites is 1. The molecule has 0 aliphatic heterocycles. The summed E-state index contributed by atoms with van der Waals surface area (Å²) >= 11 is 0. The first kappa shape index (κ1) is 18.3. The highest BCUT2D eigenvalue weighted by Crippen LogP contribution is 2.16. The van der Waals surface area contributed by atoms with Crippen molar-refractivity contribution in [2.45, 2.75) is 13.1 Å². The summed E-state index contributed by atoms with van der Waals surface area (Å²) in [6.45, 7) is 2.40. The molecule has 0 unspecified atom stereocenters. The number of nitrogens with one attached hydrogen (secondary N) is 2. The van der Waals surface area contributed by atoms with E-state index < -0.39 is 0 Å². The van der Waals surface area contributed by atoms with Gasteiger partial charge in [0.2, 0.25) is 0 Å². The van der Waals surface area contributed by atoms with E-state index >= 15 is 0 Å². The second-order valence-corrected chi connectivity index (χ2v) is 4.59. The molecule has 1 aromatic carbocycles. The zero-order valence-corrected chi connectivity index (χ0v) is 15.3. The van der Waals surface area contributed by atoms with Crippen LogP contribution in [0.1, 0.15) is 5.56 Å². The van der Waals surface area contributed by atoms with Crippen molar-refractivity contribution in [2.24, 2.45) is 4.99 Å². The molecule has 0 aliphatic rings. The molecule has 5 nitrogen and oxygen atoms in total. The van der Waals surface area contributed by atoms with Crippen LogP contribution < -0.4 is 15.4 Å². The average molecular weight is 414 g/mol. The minimum absolute atomic E-state index is 0. The Bertz CT molecular complexity index is 569. The molecule has 0 atom stereocenters. The summed E-state index contributed by atoms with van der Waals surface area (Å²) in [6.07, 6.45) is 4.10. The van der Waals surface area contributed by atoms with E-state index in [0.29, 0.717) is 6.54 Å². The molecule has 2 aromatic rings. The first-order chi connectivity index (χ1) is 10.3. The Morgan fingerprint density at radius 1 is 1.14 bits per heavy atom. The maximum Gasteiger partial charge on any atom is 0.191 e. The third-order valence-electron chi connectivity index (χ3n) is 3.19. The van der Waals surface area contributed by atoms with Crippen LogP contribution >= 0.6 is 24.0 Å². The molecule has 0 fully saturated rings. The van der Waals surface area contributed by atoms with Gasteiger partial charge in [0.1, 0.15) is 5.75 Å². The summed E-state index contributed by atoms with van der Waals surface area (Å²) in [5.74, 6) is 1.67. The van der Waals surface area contributed by atoms with E-state index in [0.717, 1.165) is 30.4 Å². The largest absolute Gasteiger partial charge is 0.496 e. The van der Waals surface area contributed by atoms with Crippen LogP contribution in [0.25, 0.3) is 0 Å². The summed E-state index contributed by atoms with van der Waals surface area (Å²) in [6, 6.07) is 12.0. The number of ether oxygens (including phenoxy) is 1. The van der Waals surface area contributed by atoms with Crippen molar-refractivity contribution in [1.29, 1.82) is 0 Å². The van der Waals surface area contributed by atoms with E-state index in [1.807, 2.05) is 48.8 Å². The molecule has 1 aromatic heterocycles. The first-order valence-electron chi connectivity index (χ1n) is 7.00. The number of guanidine groups is 1. The molecule has 0 bridgehead atoms. The Labute approximate surface area is 148 Å². The molecule has 0 amide bonds. The van der Waals surface area contributed by atoms with Crippen molar-refractivity contribution in [2.75, 3.05) is 20.7 Å². The Morgan fingerprint density at radius 2 is 1.86 bits per heavy atom. The van der Waals surface area contributed by atoms with Crippen molar-refractivity contribution < 1.29 is 4.74 Å². The Kier molecular flexibility index (Phi) is 8.42. The normalized spacial score (nSPS) is 10.7. The van der Waals surface area contributed by atoms with Crippen molar-refractivity contribution in [3.63, 3.8) is 0 Å². The fourth-order valence-corrected chi connectivity index (χ4v) is 2.07. The van der Waals surface area contributed by atoms with E-state index in [1.165, 1.54) is 0 Å². The lowest BCUT2D eigenvalue weighted by Crippen LogP contribution is -2.38. The third kappa shape index (κ3) is 5.59. The SMILES string of the molecule is CN=C(NCCn1cccc1)NCc1ccccc1OC.I. The fraction of sp³-hybridized carbons (Fsp3) is 0.312. The molecular formula is C16H23IN4O. The van der Waals surface area contributed by atoms with E-state index in [-0.39, 0.29) is 24.0 Å². The number of methoxy groups -OCH3 is 1. The molecule has 1 heterocycles. The Balaban J connectivity index is 0.00000242. The molecule has 0 spiro atoms. The minimum atomic E-state index is 0. The predicted octanol–water partition coefficient (Wildman–Crippen LogP) is 2.48. The fourth-order valence-electron chi connectivity index (χ4n) is 2.07. The number of aromatic nitrogens is 1. The maximum absolute atomic E-state index is 5.34. The van der Waals surface area contributed by atoms with Gasteiger partial charge in [0.05, 0.1) is 7.11 Å². The van der Waals surface area contributed by atoms with Crippen LogP contribution in [0.3, 0.4) is 0 Å². The van der Waals surface area contributed by atoms with Gasteiger partial charge in [-0.2, -0.15) is 0 Å². The summed E-state index contributed by atoms with van der Waals surface area (Å²) in [4.78, 5) is 4.22. The highest BCUT2D eigenvalue weighted by Gasteiger charge is 2.03. The van der Waals surface area contributed by atoms with Gasteiger partial charge in [0.25, 0.3) is 0 Å². The lowest BCUT2D eigenvalue weighted by molar-refractivity contribution is 0.409. The van der Waals surface area contributed by atoms with Crippen LogP contribution in [0.4, 0.5) is 0 Å². The zero-order chi connectivity index (χ0) is 14.9. The summed E-state index contributed by atoms with van der Waals surface area (Å²) < 4.78 is 7.46. The van der Waals surface area contributed by atoms with Gasteiger partial charge in [0, 0.05) is 44.6 Å². The molecule has 120 valence electrons. The van der Waals surface area contributed by atoms with E-state index in [2.05, 4.69) is 20.2 Å². The number of rotatable bonds is 6. The third-order valence-corrected chi connectivity index (χ3v) is 3.19. The van der Waals surface area contributed by atoms with Gasteiger partial charge >= 0.3 is 0 Å². The van der Waals surface area contributed by atoms with Crippen LogP contribution in [-0.2, 0) is 13.1 Å². The highest BCUT2D eigenvalue weighted by atomic mass is 127.